The van der Waals surface area contributed by atoms with Crippen LogP contribution >= 0.6 is 0 Å². The lowest BCUT2D eigenvalue weighted by molar-refractivity contribution is -0.169. The van der Waals surface area contributed by atoms with Crippen LogP contribution in [0.25, 0.3) is 17.1 Å². The van der Waals surface area contributed by atoms with Crippen molar-refractivity contribution in [3.8, 4) is 17.1 Å². The number of ketones is 2. The van der Waals surface area contributed by atoms with Gasteiger partial charge in [0.15, 0.2) is 11.4 Å². The summed E-state index contributed by atoms with van der Waals surface area (Å²) in [6.45, 7) is 4.26. The molecule has 43 heavy (non-hydrogen) atoms. The van der Waals surface area contributed by atoms with E-state index in [9.17, 15) is 39.9 Å². The highest BCUT2D eigenvalue weighted by molar-refractivity contribution is 6.24. The van der Waals surface area contributed by atoms with Crippen LogP contribution in [-0.2, 0) is 20.9 Å². The van der Waals surface area contributed by atoms with Gasteiger partial charge in [-0.2, -0.15) is 0 Å². The van der Waals surface area contributed by atoms with Gasteiger partial charge in [-0.25, -0.2) is 0 Å². The number of hydrogen-bond acceptors (Lipinski definition) is 11. The summed E-state index contributed by atoms with van der Waals surface area (Å²) in [5.74, 6) is -8.17. The van der Waals surface area contributed by atoms with Gasteiger partial charge in [-0.1, -0.05) is 13.0 Å². The van der Waals surface area contributed by atoms with Gasteiger partial charge in [-0.15, -0.1) is 0 Å². The van der Waals surface area contributed by atoms with Crippen LogP contribution in [0.3, 0.4) is 0 Å². The zero-order chi connectivity index (χ0) is 31.1. The Kier molecular flexibility index (Phi) is 6.81. The van der Waals surface area contributed by atoms with Gasteiger partial charge in [0.2, 0.25) is 5.78 Å². The molecule has 7 N–H and O–H groups in total. The lowest BCUT2D eigenvalue weighted by atomic mass is 9.54. The Bertz CT molecular complexity index is 1620. The molecule has 0 spiro atoms. The first kappa shape index (κ1) is 29.1. The topological polar surface area (TPSA) is 198 Å². The molecule has 0 unspecified atom stereocenters. The highest BCUT2D eigenvalue weighted by Crippen LogP contribution is 2.56. The summed E-state index contributed by atoms with van der Waals surface area (Å²) in [7, 11) is 2.93. The highest BCUT2D eigenvalue weighted by Gasteiger charge is 2.68. The number of aliphatic hydroxyl groups is 4. The number of aliphatic hydroxyl groups excluding tert-OH is 3. The first-order valence-corrected chi connectivity index (χ1v) is 14.3. The number of amides is 1. The number of furan rings is 1. The van der Waals surface area contributed by atoms with E-state index in [1.807, 2.05) is 6.07 Å². The van der Waals surface area contributed by atoms with Crippen molar-refractivity contribution in [1.82, 2.24) is 9.80 Å². The number of nitrogens with zero attached hydrogens (tertiary/aromatic N) is 2. The number of primary amides is 1. The van der Waals surface area contributed by atoms with E-state index >= 15 is 0 Å². The van der Waals surface area contributed by atoms with Gasteiger partial charge in [0, 0.05) is 11.5 Å². The van der Waals surface area contributed by atoms with Gasteiger partial charge in [0.25, 0.3) is 5.91 Å². The number of carbonyl (C=O) groups is 3. The number of fused-ring (bicyclic) bond motifs is 3. The zero-order valence-electron chi connectivity index (χ0n) is 24.1. The molecule has 1 aliphatic heterocycles. The number of benzene rings is 1. The molecule has 12 heteroatoms. The Morgan fingerprint density at radius 2 is 1.79 bits per heavy atom. The lowest BCUT2D eigenvalue weighted by Crippen LogP contribution is -2.70. The molecule has 2 aromatic rings. The molecular weight excluding hydrogens is 558 g/mol. The first-order valence-electron chi connectivity index (χ1n) is 14.3. The smallest absolute Gasteiger partial charge is 0.255 e. The summed E-state index contributed by atoms with van der Waals surface area (Å²) < 4.78 is 6.02. The Morgan fingerprint density at radius 1 is 1.12 bits per heavy atom. The number of likely N-dealkylation sites (N-methyl/N-ethyl adjacent to an activating group) is 1. The van der Waals surface area contributed by atoms with Gasteiger partial charge >= 0.3 is 0 Å². The summed E-state index contributed by atoms with van der Waals surface area (Å²) in [6, 6.07) is 5.43. The van der Waals surface area contributed by atoms with Crippen molar-refractivity contribution in [3.05, 3.63) is 58.1 Å². The van der Waals surface area contributed by atoms with E-state index in [-0.39, 0.29) is 16.9 Å². The Labute approximate surface area is 247 Å². The Morgan fingerprint density at radius 3 is 2.42 bits per heavy atom. The molecule has 12 nitrogen and oxygen atoms in total. The fraction of sp³-hybridized carbons (Fsp3) is 0.452. The van der Waals surface area contributed by atoms with E-state index in [1.54, 1.807) is 25.1 Å². The van der Waals surface area contributed by atoms with E-state index in [0.29, 0.717) is 23.6 Å². The average Bonchev–Trinajstić information content (AvgIpc) is 3.63. The Balaban J connectivity index is 1.49. The second-order valence-electron chi connectivity index (χ2n) is 12.2. The van der Waals surface area contributed by atoms with E-state index < -0.39 is 75.6 Å². The number of phenols is 1. The SMILES string of the molecule is C[C@H]1c2ccc(-c3ccc(CN4CCCC4)o3)c(O)c2C(O)=C2C(=O)[C@]3(O)C(O)=C(C(N)=O)C(=O)[C@@H](N(C)C)[C@@H]3[C@@H](O)[C@@H]21. The lowest BCUT2D eigenvalue weighted by Gasteiger charge is -2.53. The molecule has 2 heterocycles. The minimum absolute atomic E-state index is 0.0778. The van der Waals surface area contributed by atoms with Crippen molar-refractivity contribution in [2.45, 2.75) is 50.0 Å². The molecule has 0 radical (unpaired) electrons. The number of aromatic hydroxyl groups is 1. The van der Waals surface area contributed by atoms with Crippen LogP contribution in [0.4, 0.5) is 0 Å². The summed E-state index contributed by atoms with van der Waals surface area (Å²) in [6.07, 6.45) is 0.606. The summed E-state index contributed by atoms with van der Waals surface area (Å²) in [5, 5.41) is 57.6. The minimum atomic E-state index is -2.96. The molecular formula is C31H35N3O9. The molecule has 3 aliphatic carbocycles. The quantitative estimate of drug-likeness (QED) is 0.274. The van der Waals surface area contributed by atoms with E-state index in [2.05, 4.69) is 4.90 Å². The summed E-state index contributed by atoms with van der Waals surface area (Å²) >= 11 is 0. The standard InChI is InChI=1S/C31H35N3O9/c1-13-15-7-8-16(17-9-6-14(43-17)12-34-10-4-5-11-34)24(35)19(15)25(36)20-18(13)26(37)22-23(33(2)3)27(38)21(30(32)41)29(40)31(22,42)28(20)39/h6-9,13,18,22-23,26,35-37,40,42H,4-5,10-12H2,1-3H3,(H2,32,41)/t13-,18+,22+,23-,26-,31-/m0/s1. The summed E-state index contributed by atoms with van der Waals surface area (Å²) in [4.78, 5) is 43.2. The molecule has 6 atom stereocenters. The summed E-state index contributed by atoms with van der Waals surface area (Å²) in [5.41, 5.74) is 1.64. The van der Waals surface area contributed by atoms with Gasteiger partial charge < -0.3 is 35.7 Å². The van der Waals surface area contributed by atoms with Crippen LogP contribution in [0.1, 0.15) is 42.6 Å². The second-order valence-corrected chi connectivity index (χ2v) is 12.2. The van der Waals surface area contributed by atoms with Crippen molar-refractivity contribution < 1.29 is 44.3 Å². The van der Waals surface area contributed by atoms with Crippen molar-refractivity contribution in [2.75, 3.05) is 27.2 Å². The van der Waals surface area contributed by atoms with E-state index in [0.717, 1.165) is 25.9 Å². The average molecular weight is 594 g/mol. The third kappa shape index (κ3) is 4.00. The largest absolute Gasteiger partial charge is 0.508 e. The van der Waals surface area contributed by atoms with E-state index in [1.165, 1.54) is 19.0 Å². The maximum absolute atomic E-state index is 14.2. The number of carbonyl (C=O) groups excluding carboxylic acids is 3. The number of nitrogens with two attached hydrogens (primary N) is 1. The number of hydrogen-bond donors (Lipinski definition) is 6. The maximum Gasteiger partial charge on any atom is 0.255 e. The molecule has 228 valence electrons. The molecule has 1 amide bonds. The molecule has 1 aromatic carbocycles. The van der Waals surface area contributed by atoms with Gasteiger partial charge in [0.05, 0.1) is 35.7 Å². The maximum atomic E-state index is 14.2. The molecule has 1 saturated heterocycles. The highest BCUT2D eigenvalue weighted by atomic mass is 16.4. The van der Waals surface area contributed by atoms with Gasteiger partial charge in [0.1, 0.15) is 34.4 Å². The molecule has 4 aliphatic rings. The monoisotopic (exact) mass is 593 g/mol. The van der Waals surface area contributed by atoms with Crippen LogP contribution in [0.15, 0.2) is 45.6 Å². The fourth-order valence-electron chi connectivity index (χ4n) is 7.58. The number of rotatable bonds is 5. The third-order valence-corrected chi connectivity index (χ3v) is 9.63. The molecule has 0 bridgehead atoms. The molecule has 1 saturated carbocycles. The van der Waals surface area contributed by atoms with Crippen LogP contribution < -0.4 is 5.73 Å². The number of phenolic OH excluding ortho intramolecular Hbond substituents is 1. The predicted molar refractivity (Wildman–Crippen MR) is 153 cm³/mol. The van der Waals surface area contributed by atoms with Crippen molar-refractivity contribution in [1.29, 1.82) is 0 Å². The van der Waals surface area contributed by atoms with Crippen LogP contribution in [-0.4, -0.2) is 97.7 Å². The van der Waals surface area contributed by atoms with Crippen LogP contribution in [0, 0.1) is 11.8 Å². The van der Waals surface area contributed by atoms with Gasteiger partial charge in [-0.3, -0.25) is 24.2 Å². The minimum Gasteiger partial charge on any atom is -0.508 e. The molecule has 1 aromatic heterocycles. The normalized spacial score (nSPS) is 31.0. The predicted octanol–water partition coefficient (Wildman–Crippen LogP) is 1.35. The van der Waals surface area contributed by atoms with Gasteiger partial charge in [-0.05, 0) is 69.7 Å². The first-order chi connectivity index (χ1) is 20.3. The van der Waals surface area contributed by atoms with Crippen molar-refractivity contribution in [2.24, 2.45) is 17.6 Å². The molecule has 2 fully saturated rings. The van der Waals surface area contributed by atoms with Crippen LogP contribution in [0.2, 0.25) is 0 Å². The second kappa shape index (κ2) is 10.1. The van der Waals surface area contributed by atoms with Crippen molar-refractivity contribution >= 4 is 23.2 Å². The van der Waals surface area contributed by atoms with Crippen LogP contribution in [0.5, 0.6) is 5.75 Å². The van der Waals surface area contributed by atoms with E-state index in [4.69, 9.17) is 10.2 Å². The fourth-order valence-corrected chi connectivity index (χ4v) is 7.58. The molecule has 6 rings (SSSR count). The Hall–Kier alpha value is -3.97. The number of likely N-dealkylation sites (tertiary alicyclic amines) is 1. The number of Topliss-reactive ketones (excluding diaryl/α,β-unsaturated/α-hetero) is 2. The third-order valence-electron chi connectivity index (χ3n) is 9.63. The van der Waals surface area contributed by atoms with Crippen molar-refractivity contribution in [3.63, 3.8) is 0 Å². The zero-order valence-corrected chi connectivity index (χ0v) is 24.1.